The first-order chi connectivity index (χ1) is 11.5. The minimum atomic E-state index is -0.412. The van der Waals surface area contributed by atoms with Gasteiger partial charge in [-0.1, -0.05) is 41.5 Å². The number of hydrogen-bond acceptors (Lipinski definition) is 4. The SMILES string of the molecule is COCOc1ccc(C)cc1/C(=C/C(=O)OC)c1ccc(C)cc1. The normalized spacial score (nSPS) is 11.2. The molecule has 0 aliphatic heterocycles. The maximum absolute atomic E-state index is 11.9. The molecule has 0 bridgehead atoms. The fourth-order valence-corrected chi connectivity index (χ4v) is 2.33. The van der Waals surface area contributed by atoms with E-state index in [1.165, 1.54) is 13.2 Å². The van der Waals surface area contributed by atoms with E-state index in [4.69, 9.17) is 14.2 Å². The molecule has 2 aromatic rings. The summed E-state index contributed by atoms with van der Waals surface area (Å²) in [6.07, 6.45) is 1.49. The molecule has 0 N–H and O–H groups in total. The van der Waals surface area contributed by atoms with E-state index in [1.807, 2.05) is 56.3 Å². The van der Waals surface area contributed by atoms with Crippen LogP contribution in [-0.2, 0) is 14.3 Å². The summed E-state index contributed by atoms with van der Waals surface area (Å²) >= 11 is 0. The van der Waals surface area contributed by atoms with Crippen molar-refractivity contribution in [3.63, 3.8) is 0 Å². The highest BCUT2D eigenvalue weighted by atomic mass is 16.7. The molecule has 0 atom stereocenters. The molecule has 126 valence electrons. The van der Waals surface area contributed by atoms with Crippen LogP contribution >= 0.6 is 0 Å². The van der Waals surface area contributed by atoms with Gasteiger partial charge in [-0.05, 0) is 37.1 Å². The molecule has 0 saturated heterocycles. The lowest BCUT2D eigenvalue weighted by molar-refractivity contribution is -0.134. The monoisotopic (exact) mass is 326 g/mol. The lowest BCUT2D eigenvalue weighted by atomic mass is 9.94. The Balaban J connectivity index is 2.59. The first kappa shape index (κ1) is 17.8. The zero-order chi connectivity index (χ0) is 17.5. The molecule has 4 nitrogen and oxygen atoms in total. The van der Waals surface area contributed by atoms with Crippen molar-refractivity contribution in [3.8, 4) is 5.75 Å². The van der Waals surface area contributed by atoms with E-state index in [9.17, 15) is 4.79 Å². The van der Waals surface area contributed by atoms with Crippen molar-refractivity contribution in [3.05, 3.63) is 70.8 Å². The lowest BCUT2D eigenvalue weighted by Gasteiger charge is -2.15. The first-order valence-corrected chi connectivity index (χ1v) is 7.64. The quantitative estimate of drug-likeness (QED) is 0.459. The summed E-state index contributed by atoms with van der Waals surface area (Å²) in [5, 5.41) is 0. The van der Waals surface area contributed by atoms with Gasteiger partial charge in [-0.25, -0.2) is 4.79 Å². The molecule has 2 aromatic carbocycles. The van der Waals surface area contributed by atoms with Crippen molar-refractivity contribution in [2.75, 3.05) is 21.0 Å². The third kappa shape index (κ3) is 4.46. The van der Waals surface area contributed by atoms with E-state index < -0.39 is 5.97 Å². The van der Waals surface area contributed by atoms with Gasteiger partial charge in [-0.2, -0.15) is 0 Å². The van der Waals surface area contributed by atoms with Crippen molar-refractivity contribution in [2.45, 2.75) is 13.8 Å². The highest BCUT2D eigenvalue weighted by Gasteiger charge is 2.14. The molecule has 0 radical (unpaired) electrons. The van der Waals surface area contributed by atoms with Crippen LogP contribution in [0.3, 0.4) is 0 Å². The molecule has 0 unspecified atom stereocenters. The third-order valence-corrected chi connectivity index (χ3v) is 3.58. The molecular weight excluding hydrogens is 304 g/mol. The molecule has 0 heterocycles. The van der Waals surface area contributed by atoms with Crippen LogP contribution in [0.2, 0.25) is 0 Å². The fourth-order valence-electron chi connectivity index (χ4n) is 2.33. The van der Waals surface area contributed by atoms with Gasteiger partial charge in [-0.15, -0.1) is 0 Å². The molecule has 0 spiro atoms. The van der Waals surface area contributed by atoms with Crippen LogP contribution < -0.4 is 4.74 Å². The average molecular weight is 326 g/mol. The summed E-state index contributed by atoms with van der Waals surface area (Å²) in [5.74, 6) is 0.239. The second kappa shape index (κ2) is 8.31. The number of rotatable bonds is 6. The lowest BCUT2D eigenvalue weighted by Crippen LogP contribution is -2.04. The van der Waals surface area contributed by atoms with Crippen molar-refractivity contribution >= 4 is 11.5 Å². The van der Waals surface area contributed by atoms with Crippen LogP contribution in [0.5, 0.6) is 5.75 Å². The molecule has 2 rings (SSSR count). The second-order valence-corrected chi connectivity index (χ2v) is 5.50. The Morgan fingerprint density at radius 3 is 2.29 bits per heavy atom. The van der Waals surface area contributed by atoms with Gasteiger partial charge in [-0.3, -0.25) is 0 Å². The Bertz CT molecular complexity index is 730. The van der Waals surface area contributed by atoms with Gasteiger partial charge < -0.3 is 14.2 Å². The Hall–Kier alpha value is -2.59. The van der Waals surface area contributed by atoms with E-state index in [0.29, 0.717) is 5.75 Å². The summed E-state index contributed by atoms with van der Waals surface area (Å²) in [4.78, 5) is 11.9. The minimum Gasteiger partial charge on any atom is -0.467 e. The van der Waals surface area contributed by atoms with Crippen molar-refractivity contribution in [2.24, 2.45) is 0 Å². The molecule has 24 heavy (non-hydrogen) atoms. The summed E-state index contributed by atoms with van der Waals surface area (Å²) in [6.45, 7) is 4.15. The number of carbonyl (C=O) groups is 1. The third-order valence-electron chi connectivity index (χ3n) is 3.58. The number of hydrogen-bond donors (Lipinski definition) is 0. The Morgan fingerprint density at radius 1 is 1.00 bits per heavy atom. The number of benzene rings is 2. The standard InChI is InChI=1S/C20H22O4/c1-14-5-8-16(9-6-14)17(12-20(21)23-4)18-11-15(2)7-10-19(18)24-13-22-3/h5-12H,13H2,1-4H3/b17-12+. The maximum Gasteiger partial charge on any atom is 0.331 e. The fraction of sp³-hybridized carbons (Fsp3) is 0.250. The van der Waals surface area contributed by atoms with Gasteiger partial charge in [0, 0.05) is 18.7 Å². The minimum absolute atomic E-state index is 0.134. The molecule has 0 saturated carbocycles. The maximum atomic E-state index is 11.9. The van der Waals surface area contributed by atoms with E-state index in [1.54, 1.807) is 7.11 Å². The van der Waals surface area contributed by atoms with Gasteiger partial charge in [0.25, 0.3) is 0 Å². The highest BCUT2D eigenvalue weighted by Crippen LogP contribution is 2.32. The van der Waals surface area contributed by atoms with Crippen LogP contribution in [0.15, 0.2) is 48.5 Å². The predicted octanol–water partition coefficient (Wildman–Crippen LogP) is 3.89. The van der Waals surface area contributed by atoms with E-state index in [2.05, 4.69) is 0 Å². The predicted molar refractivity (Wildman–Crippen MR) is 94.0 cm³/mol. The number of carbonyl (C=O) groups excluding carboxylic acids is 1. The Morgan fingerprint density at radius 2 is 1.67 bits per heavy atom. The first-order valence-electron chi connectivity index (χ1n) is 7.64. The molecule has 0 aliphatic carbocycles. The highest BCUT2D eigenvalue weighted by molar-refractivity contribution is 5.97. The molecule has 0 fully saturated rings. The molecule has 0 aliphatic rings. The topological polar surface area (TPSA) is 44.8 Å². The molecule has 0 amide bonds. The zero-order valence-electron chi connectivity index (χ0n) is 14.5. The largest absolute Gasteiger partial charge is 0.467 e. The van der Waals surface area contributed by atoms with Crippen molar-refractivity contribution < 1.29 is 19.0 Å². The van der Waals surface area contributed by atoms with Crippen LogP contribution in [0.25, 0.3) is 5.57 Å². The zero-order valence-corrected chi connectivity index (χ0v) is 14.5. The number of ether oxygens (including phenoxy) is 3. The molecular formula is C20H22O4. The van der Waals surface area contributed by atoms with E-state index in [-0.39, 0.29) is 6.79 Å². The molecule has 0 aromatic heterocycles. The second-order valence-electron chi connectivity index (χ2n) is 5.50. The van der Waals surface area contributed by atoms with E-state index in [0.717, 1.165) is 27.8 Å². The summed E-state index contributed by atoms with van der Waals surface area (Å²) in [6, 6.07) is 13.8. The number of methoxy groups -OCH3 is 2. The van der Waals surface area contributed by atoms with E-state index >= 15 is 0 Å². The van der Waals surface area contributed by atoms with Gasteiger partial charge in [0.1, 0.15) is 5.75 Å². The average Bonchev–Trinajstić information content (AvgIpc) is 2.59. The van der Waals surface area contributed by atoms with Crippen LogP contribution in [0.1, 0.15) is 22.3 Å². The summed E-state index contributed by atoms with van der Waals surface area (Å²) in [7, 11) is 2.93. The van der Waals surface area contributed by atoms with Crippen LogP contribution in [0, 0.1) is 13.8 Å². The smallest absolute Gasteiger partial charge is 0.331 e. The Kier molecular flexibility index (Phi) is 6.15. The summed E-state index contributed by atoms with van der Waals surface area (Å²) < 4.78 is 15.5. The van der Waals surface area contributed by atoms with Crippen molar-refractivity contribution in [1.29, 1.82) is 0 Å². The van der Waals surface area contributed by atoms with Crippen LogP contribution in [0.4, 0.5) is 0 Å². The van der Waals surface area contributed by atoms with Gasteiger partial charge in [0.05, 0.1) is 7.11 Å². The Labute approximate surface area is 142 Å². The molecule has 4 heteroatoms. The van der Waals surface area contributed by atoms with Gasteiger partial charge >= 0.3 is 5.97 Å². The van der Waals surface area contributed by atoms with Crippen LogP contribution in [-0.4, -0.2) is 27.0 Å². The van der Waals surface area contributed by atoms with Gasteiger partial charge in [0.2, 0.25) is 0 Å². The summed E-state index contributed by atoms with van der Waals surface area (Å²) in [5.41, 5.74) is 4.70. The number of aryl methyl sites for hydroxylation is 2. The number of esters is 1. The van der Waals surface area contributed by atoms with Gasteiger partial charge in [0.15, 0.2) is 6.79 Å². The van der Waals surface area contributed by atoms with Crippen molar-refractivity contribution in [1.82, 2.24) is 0 Å².